The van der Waals surface area contributed by atoms with Crippen LogP contribution in [0.25, 0.3) is 10.9 Å². The molecule has 0 amide bonds. The van der Waals surface area contributed by atoms with Gasteiger partial charge in [-0.3, -0.25) is 0 Å². The van der Waals surface area contributed by atoms with Gasteiger partial charge in [-0.25, -0.2) is 9.97 Å². The lowest BCUT2D eigenvalue weighted by molar-refractivity contribution is -0.137. The first-order valence-electron chi connectivity index (χ1n) is 14.3. The third-order valence-electron chi connectivity index (χ3n) is 7.99. The van der Waals surface area contributed by atoms with Crippen molar-refractivity contribution in [2.24, 2.45) is 11.8 Å². The molecule has 2 saturated carbocycles. The molecule has 0 bridgehead atoms. The van der Waals surface area contributed by atoms with Crippen LogP contribution in [0.3, 0.4) is 0 Å². The molecular weight excluding hydrogens is 589 g/mol. The Morgan fingerprint density at radius 3 is 2.24 bits per heavy atom. The van der Waals surface area contributed by atoms with Crippen molar-refractivity contribution in [1.29, 1.82) is 0 Å². The van der Waals surface area contributed by atoms with Gasteiger partial charge in [0.2, 0.25) is 0 Å². The molecule has 0 aliphatic heterocycles. The lowest BCUT2D eigenvalue weighted by Gasteiger charge is -2.30. The van der Waals surface area contributed by atoms with Gasteiger partial charge in [-0.1, -0.05) is 29.8 Å². The van der Waals surface area contributed by atoms with Crippen LogP contribution in [0.4, 0.5) is 24.8 Å². The molecule has 4 nitrogen and oxygen atoms in total. The number of aromatic nitrogens is 2. The number of pyridine rings is 2. The minimum Gasteiger partial charge on any atom is -0.356 e. The van der Waals surface area contributed by atoms with E-state index in [4.69, 9.17) is 4.98 Å². The van der Waals surface area contributed by atoms with Crippen LogP contribution in [-0.2, 0) is 19.3 Å². The predicted octanol–water partition coefficient (Wildman–Crippen LogP) is 8.86. The average Bonchev–Trinajstić information content (AvgIpc) is 3.85. The molecule has 2 heterocycles. The minimum absolute atomic E-state index is 0.288. The number of alkyl halides is 3. The summed E-state index contributed by atoms with van der Waals surface area (Å²) in [6.07, 6.45) is 2.36. The van der Waals surface area contributed by atoms with Crippen LogP contribution < -0.4 is 9.80 Å². The van der Waals surface area contributed by atoms with Gasteiger partial charge in [0.25, 0.3) is 0 Å². The SMILES string of the molecule is Cc1cc(CN(Cc2cc3cccc(C)c3nc2N(CC2CC2)CC2CC2)c2ccc(Br)cn2)cc(C(F)(F)F)c1. The number of fused-ring (bicyclic) bond motifs is 1. The van der Waals surface area contributed by atoms with E-state index in [1.165, 1.54) is 37.8 Å². The molecule has 6 rings (SSSR count). The quantitative estimate of drug-likeness (QED) is 0.177. The van der Waals surface area contributed by atoms with Crippen molar-refractivity contribution in [3.05, 3.63) is 93.1 Å². The van der Waals surface area contributed by atoms with Crippen molar-refractivity contribution in [2.45, 2.75) is 58.8 Å². The van der Waals surface area contributed by atoms with Crippen molar-refractivity contribution in [3.63, 3.8) is 0 Å². The lowest BCUT2D eigenvalue weighted by Crippen LogP contribution is -2.32. The molecule has 0 saturated heterocycles. The maximum atomic E-state index is 13.7. The number of nitrogens with zero attached hydrogens (tertiary/aromatic N) is 4. The van der Waals surface area contributed by atoms with Gasteiger partial charge in [0, 0.05) is 47.8 Å². The van der Waals surface area contributed by atoms with Crippen molar-refractivity contribution in [3.8, 4) is 0 Å². The van der Waals surface area contributed by atoms with Crippen molar-refractivity contribution >= 4 is 38.5 Å². The summed E-state index contributed by atoms with van der Waals surface area (Å²) in [5.41, 5.74) is 3.77. The predicted molar refractivity (Wildman–Crippen MR) is 162 cm³/mol. The third-order valence-corrected chi connectivity index (χ3v) is 8.46. The normalized spacial score (nSPS) is 15.4. The van der Waals surface area contributed by atoms with E-state index >= 15 is 0 Å². The van der Waals surface area contributed by atoms with E-state index in [1.807, 2.05) is 18.2 Å². The second-order valence-corrected chi connectivity index (χ2v) is 12.7. The summed E-state index contributed by atoms with van der Waals surface area (Å²) in [5, 5.41) is 1.07. The summed E-state index contributed by atoms with van der Waals surface area (Å²) in [6.45, 7) is 6.56. The van der Waals surface area contributed by atoms with Crippen LogP contribution in [0.1, 0.15) is 53.5 Å². The number of aryl methyl sites for hydroxylation is 2. The van der Waals surface area contributed by atoms with Gasteiger partial charge in [-0.2, -0.15) is 13.2 Å². The number of para-hydroxylation sites is 1. The van der Waals surface area contributed by atoms with E-state index in [-0.39, 0.29) is 6.54 Å². The van der Waals surface area contributed by atoms with Gasteiger partial charge in [-0.05, 0) is 109 Å². The zero-order valence-electron chi connectivity index (χ0n) is 23.4. The van der Waals surface area contributed by atoms with Crippen LogP contribution >= 0.6 is 15.9 Å². The van der Waals surface area contributed by atoms with Crippen LogP contribution in [0.2, 0.25) is 0 Å². The first-order chi connectivity index (χ1) is 19.6. The van der Waals surface area contributed by atoms with Gasteiger partial charge < -0.3 is 9.80 Å². The van der Waals surface area contributed by atoms with Crippen LogP contribution in [-0.4, -0.2) is 23.1 Å². The number of hydrogen-bond donors (Lipinski definition) is 0. The maximum absolute atomic E-state index is 13.7. The standard InChI is InChI=1S/C33H34BrF3N4/c1-21-12-25(14-28(13-21)33(35,36)37)19-40(30-11-10-29(34)16-38-30)20-27-15-26-5-3-4-22(2)31(26)39-32(27)41(17-23-6-7-23)18-24-8-9-24/h3-5,10-16,23-24H,6-9,17-20H2,1-2H3. The molecule has 8 heteroatoms. The molecule has 2 aromatic heterocycles. The molecule has 0 atom stereocenters. The second-order valence-electron chi connectivity index (χ2n) is 11.8. The van der Waals surface area contributed by atoms with E-state index in [1.54, 1.807) is 13.1 Å². The van der Waals surface area contributed by atoms with Gasteiger partial charge in [-0.15, -0.1) is 0 Å². The molecule has 2 aliphatic carbocycles. The molecule has 0 spiro atoms. The fourth-order valence-electron chi connectivity index (χ4n) is 5.56. The molecule has 4 aromatic rings. The van der Waals surface area contributed by atoms with Crippen LogP contribution in [0.5, 0.6) is 0 Å². The van der Waals surface area contributed by atoms with E-state index in [0.717, 1.165) is 45.4 Å². The Kier molecular flexibility index (Phi) is 7.70. The Balaban J connectivity index is 1.43. The first-order valence-corrected chi connectivity index (χ1v) is 15.1. The molecule has 0 N–H and O–H groups in total. The topological polar surface area (TPSA) is 32.3 Å². The Hall–Kier alpha value is -3.13. The fourth-order valence-corrected chi connectivity index (χ4v) is 5.79. The molecule has 2 aliphatic rings. The molecular formula is C33H34BrF3N4. The molecule has 0 unspecified atom stereocenters. The van der Waals surface area contributed by atoms with E-state index < -0.39 is 11.7 Å². The highest BCUT2D eigenvalue weighted by atomic mass is 79.9. The zero-order valence-corrected chi connectivity index (χ0v) is 25.0. The molecule has 41 heavy (non-hydrogen) atoms. The molecule has 214 valence electrons. The summed E-state index contributed by atoms with van der Waals surface area (Å²) < 4.78 is 41.9. The van der Waals surface area contributed by atoms with Crippen molar-refractivity contribution in [2.75, 3.05) is 22.9 Å². The minimum atomic E-state index is -4.40. The number of halogens is 4. The zero-order chi connectivity index (χ0) is 28.7. The Bertz CT molecular complexity index is 1530. The number of hydrogen-bond acceptors (Lipinski definition) is 4. The number of anilines is 2. The van der Waals surface area contributed by atoms with E-state index in [2.05, 4.69) is 61.9 Å². The summed E-state index contributed by atoms with van der Waals surface area (Å²) in [4.78, 5) is 14.5. The third kappa shape index (κ3) is 6.85. The smallest absolute Gasteiger partial charge is 0.356 e. The summed E-state index contributed by atoms with van der Waals surface area (Å²) in [5.74, 6) is 3.10. The summed E-state index contributed by atoms with van der Waals surface area (Å²) in [6, 6.07) is 16.6. The fraction of sp³-hybridized carbons (Fsp3) is 0.394. The lowest BCUT2D eigenvalue weighted by atomic mass is 10.0. The number of rotatable bonds is 10. The molecule has 2 aromatic carbocycles. The average molecular weight is 624 g/mol. The maximum Gasteiger partial charge on any atom is 0.416 e. The van der Waals surface area contributed by atoms with Gasteiger partial charge in [0.05, 0.1) is 11.1 Å². The summed E-state index contributed by atoms with van der Waals surface area (Å²) >= 11 is 3.47. The van der Waals surface area contributed by atoms with Crippen LogP contribution in [0.15, 0.2) is 65.3 Å². The highest BCUT2D eigenvalue weighted by Crippen LogP contribution is 2.38. The highest BCUT2D eigenvalue weighted by Gasteiger charge is 2.32. The van der Waals surface area contributed by atoms with Gasteiger partial charge >= 0.3 is 6.18 Å². The largest absolute Gasteiger partial charge is 0.416 e. The van der Waals surface area contributed by atoms with Gasteiger partial charge in [0.1, 0.15) is 11.6 Å². The number of benzene rings is 2. The van der Waals surface area contributed by atoms with E-state index in [0.29, 0.717) is 35.3 Å². The second kappa shape index (κ2) is 11.3. The Morgan fingerprint density at radius 1 is 0.878 bits per heavy atom. The first kappa shape index (κ1) is 28.0. The molecule has 0 radical (unpaired) electrons. The highest BCUT2D eigenvalue weighted by molar-refractivity contribution is 9.10. The summed E-state index contributed by atoms with van der Waals surface area (Å²) in [7, 11) is 0. The van der Waals surface area contributed by atoms with E-state index in [9.17, 15) is 13.2 Å². The molecule has 2 fully saturated rings. The van der Waals surface area contributed by atoms with Crippen molar-refractivity contribution in [1.82, 2.24) is 9.97 Å². The Labute approximate surface area is 247 Å². The van der Waals surface area contributed by atoms with Gasteiger partial charge in [0.15, 0.2) is 0 Å². The monoisotopic (exact) mass is 622 g/mol. The Morgan fingerprint density at radius 2 is 1.61 bits per heavy atom. The van der Waals surface area contributed by atoms with Crippen LogP contribution in [0, 0.1) is 25.7 Å². The van der Waals surface area contributed by atoms with Crippen molar-refractivity contribution < 1.29 is 13.2 Å².